The van der Waals surface area contributed by atoms with Crippen molar-refractivity contribution in [3.8, 4) is 0 Å². The number of nitrogens with one attached hydrogen (secondary N) is 11. The number of aromatic nitrogens is 2. The van der Waals surface area contributed by atoms with Gasteiger partial charge >= 0.3 is 17.9 Å². The second kappa shape index (κ2) is 34.0. The first kappa shape index (κ1) is 71.8. The number of para-hydroxylation sites is 2. The number of H-pyrrole nitrogens is 2. The van der Waals surface area contributed by atoms with Gasteiger partial charge in [0.1, 0.15) is 60.4 Å². The number of aliphatic hydroxyl groups is 2. The molecule has 0 spiro atoms. The van der Waals surface area contributed by atoms with Crippen molar-refractivity contribution in [2.24, 2.45) is 28.1 Å². The lowest BCUT2D eigenvalue weighted by atomic mass is 9.99. The number of aliphatic hydroxyl groups excluding tert-OH is 2. The minimum Gasteiger partial charge on any atom is -0.481 e. The molecule has 0 unspecified atom stereocenters. The van der Waals surface area contributed by atoms with Gasteiger partial charge in [-0.15, -0.1) is 0 Å². The molecule has 32 nitrogen and oxygen atoms in total. The fraction of sp³-hybridized carbons (Fsp3) is 0.491. The van der Waals surface area contributed by atoms with E-state index >= 15 is 0 Å². The minimum atomic E-state index is -1.96. The number of hydrogen-bond acceptors (Lipinski definition) is 16. The van der Waals surface area contributed by atoms with Crippen molar-refractivity contribution in [3.05, 3.63) is 72.1 Å². The van der Waals surface area contributed by atoms with Crippen LogP contribution in [0.1, 0.15) is 91.2 Å². The van der Waals surface area contributed by atoms with Crippen LogP contribution in [0.5, 0.6) is 0 Å². The Morgan fingerprint density at radius 2 is 0.933 bits per heavy atom. The van der Waals surface area contributed by atoms with Crippen molar-refractivity contribution >= 4 is 98.8 Å². The molecule has 13 atom stereocenters. The van der Waals surface area contributed by atoms with Crippen LogP contribution in [-0.4, -0.2) is 192 Å². The molecule has 0 aliphatic carbocycles. The van der Waals surface area contributed by atoms with Gasteiger partial charge in [-0.3, -0.25) is 57.7 Å². The average Bonchev–Trinajstić information content (AvgIpc) is 2.79. The number of aliphatic imine (C=N–C) groups is 1. The molecule has 89 heavy (non-hydrogen) atoms. The normalized spacial score (nSPS) is 15.6. The van der Waals surface area contributed by atoms with Gasteiger partial charge in [0.15, 0.2) is 5.96 Å². The summed E-state index contributed by atoms with van der Waals surface area (Å²) in [6, 6.07) is -2.38. The van der Waals surface area contributed by atoms with Crippen molar-refractivity contribution in [2.45, 2.75) is 166 Å². The highest BCUT2D eigenvalue weighted by molar-refractivity contribution is 6.00. The number of fused-ring (bicyclic) bond motifs is 2. The predicted octanol–water partition coefficient (Wildman–Crippen LogP) is -3.55. The van der Waals surface area contributed by atoms with Gasteiger partial charge in [0.05, 0.1) is 18.6 Å². The largest absolute Gasteiger partial charge is 0.481 e. The molecule has 486 valence electrons. The van der Waals surface area contributed by atoms with Crippen molar-refractivity contribution in [2.75, 3.05) is 6.54 Å². The number of carboxylic acids is 3. The number of carbonyl (C=O) groups excluding carboxylic acids is 9. The van der Waals surface area contributed by atoms with Crippen molar-refractivity contribution in [1.29, 1.82) is 0 Å². The molecule has 0 radical (unpaired) electrons. The van der Waals surface area contributed by atoms with Crippen LogP contribution in [-0.2, 0) is 70.4 Å². The lowest BCUT2D eigenvalue weighted by molar-refractivity contribution is -0.143. The lowest BCUT2D eigenvalue weighted by Gasteiger charge is -2.28. The summed E-state index contributed by atoms with van der Waals surface area (Å²) in [6.45, 7) is 8.09. The zero-order valence-electron chi connectivity index (χ0n) is 50.0. The molecular weight excluding hydrogens is 1170 g/mol. The standard InChI is InChI=1S/C57H81N15O17/c1-7-26(2)45(56(88)89)71-48(80)28(4)65-49(81)37(17-12-20-61-57(59)60)66-53(85)41(23-43(77)78)69-52(84)39(21-31-24-62-35-15-10-8-13-33(31)35)68-47(79)27(3)64-50(82)38(18-19-42(75)76)67-51(83)40(22-32-25-63-36-16-11-9-14-34(32)36)70-55(87)46(30(6)74)72-54(86)44(58)29(5)73/h8-11,13-16,24-30,37-41,44-46,62-63,73-74H,7,12,17-23,58H2,1-6H3,(H,64,82)(H,65,81)(H,66,85)(H,67,83)(H,68,79)(H,69,84)(H,70,87)(H,71,80)(H,72,86)(H,75,76)(H,77,78)(H,88,89)(H4,59,60,61)/t26-,27-,28-,29+,30+,37-,38-,39-,40-,41-,44-,45-,46-/m0/s1. The number of amides is 9. The first-order valence-corrected chi connectivity index (χ1v) is 28.6. The molecule has 0 saturated heterocycles. The molecule has 0 aliphatic rings. The maximum absolute atomic E-state index is 14.5. The van der Waals surface area contributed by atoms with Gasteiger partial charge in [-0.25, -0.2) is 4.79 Å². The van der Waals surface area contributed by atoms with Crippen LogP contribution in [0.3, 0.4) is 0 Å². The summed E-state index contributed by atoms with van der Waals surface area (Å²) in [5, 5.41) is 72.7. The van der Waals surface area contributed by atoms with E-state index in [0.29, 0.717) is 39.4 Å². The maximum Gasteiger partial charge on any atom is 0.326 e. The van der Waals surface area contributed by atoms with Gasteiger partial charge in [0.25, 0.3) is 0 Å². The van der Waals surface area contributed by atoms with Gasteiger partial charge in [0, 0.05) is 60.0 Å². The van der Waals surface area contributed by atoms with Crippen LogP contribution in [0.2, 0.25) is 0 Å². The molecular formula is C57H81N15O17. The topological polar surface area (TPSA) is 536 Å². The summed E-state index contributed by atoms with van der Waals surface area (Å²) in [6.07, 6.45) is -2.71. The number of nitrogens with zero attached hydrogens (tertiary/aromatic N) is 1. The summed E-state index contributed by atoms with van der Waals surface area (Å²) in [5.74, 6) is -14.7. The third-order valence-corrected chi connectivity index (χ3v) is 14.5. The summed E-state index contributed by atoms with van der Waals surface area (Å²) < 4.78 is 0. The number of hydrogen-bond donors (Lipinski definition) is 19. The van der Waals surface area contributed by atoms with Gasteiger partial charge in [-0.05, 0) is 76.1 Å². The molecule has 2 heterocycles. The number of aliphatic carboxylic acids is 3. The Labute approximate surface area is 510 Å². The van der Waals surface area contributed by atoms with Crippen LogP contribution in [0.4, 0.5) is 0 Å². The van der Waals surface area contributed by atoms with E-state index in [1.807, 2.05) is 0 Å². The molecule has 0 fully saturated rings. The molecule has 0 saturated carbocycles. The van der Waals surface area contributed by atoms with Crippen LogP contribution in [0.15, 0.2) is 65.9 Å². The molecule has 4 rings (SSSR count). The van der Waals surface area contributed by atoms with Gasteiger partial charge in [-0.1, -0.05) is 56.7 Å². The van der Waals surface area contributed by atoms with Crippen LogP contribution in [0, 0.1) is 5.92 Å². The smallest absolute Gasteiger partial charge is 0.326 e. The van der Waals surface area contributed by atoms with Crippen molar-refractivity contribution < 1.29 is 83.1 Å². The second-order valence-corrected chi connectivity index (χ2v) is 21.6. The summed E-state index contributed by atoms with van der Waals surface area (Å²) in [5.41, 5.74) is 18.8. The Balaban J connectivity index is 1.63. The lowest BCUT2D eigenvalue weighted by Crippen LogP contribution is -2.62. The van der Waals surface area contributed by atoms with Crippen LogP contribution in [0.25, 0.3) is 21.8 Å². The molecule has 32 heteroatoms. The number of benzene rings is 2. The fourth-order valence-corrected chi connectivity index (χ4v) is 9.12. The van der Waals surface area contributed by atoms with Gasteiger partial charge < -0.3 is 101 Å². The molecule has 2 aromatic heterocycles. The van der Waals surface area contributed by atoms with Crippen LogP contribution < -0.4 is 65.1 Å². The summed E-state index contributed by atoms with van der Waals surface area (Å²) >= 11 is 0. The zero-order valence-corrected chi connectivity index (χ0v) is 50.0. The highest BCUT2D eigenvalue weighted by Crippen LogP contribution is 2.21. The number of carbonyl (C=O) groups is 12. The first-order chi connectivity index (χ1) is 41.9. The molecule has 9 amide bonds. The van der Waals surface area contributed by atoms with E-state index in [2.05, 4.69) is 62.8 Å². The quantitative estimate of drug-likeness (QED) is 0.0119. The van der Waals surface area contributed by atoms with E-state index in [0.717, 1.165) is 6.92 Å². The van der Waals surface area contributed by atoms with E-state index in [1.54, 1.807) is 68.6 Å². The third-order valence-electron chi connectivity index (χ3n) is 14.5. The van der Waals surface area contributed by atoms with E-state index in [9.17, 15) is 83.1 Å². The third kappa shape index (κ3) is 21.9. The molecule has 2 aromatic carbocycles. The summed E-state index contributed by atoms with van der Waals surface area (Å²) in [7, 11) is 0. The Bertz CT molecular complexity index is 3210. The average molecular weight is 1250 g/mol. The van der Waals surface area contributed by atoms with E-state index in [4.69, 9.17) is 17.2 Å². The number of rotatable bonds is 36. The second-order valence-electron chi connectivity index (χ2n) is 21.6. The van der Waals surface area contributed by atoms with Gasteiger partial charge in [-0.2, -0.15) is 0 Å². The number of carboxylic acid groups (broad SMARTS) is 3. The van der Waals surface area contributed by atoms with Crippen LogP contribution >= 0.6 is 0 Å². The summed E-state index contributed by atoms with van der Waals surface area (Å²) in [4.78, 5) is 171. The van der Waals surface area contributed by atoms with Crippen molar-refractivity contribution in [1.82, 2.24) is 57.8 Å². The highest BCUT2D eigenvalue weighted by Gasteiger charge is 2.37. The van der Waals surface area contributed by atoms with E-state index in [-0.39, 0.29) is 38.2 Å². The number of aromatic amines is 2. The molecule has 4 aromatic rings. The molecule has 0 bridgehead atoms. The maximum atomic E-state index is 14.5. The SMILES string of the molecule is CC[C@H](C)[C@H](NC(=O)[C@H](C)NC(=O)[C@H](CCCN=C(N)N)NC(=O)[C@H](CC(=O)O)NC(=O)[C@H](Cc1c[nH]c2ccccc12)NC(=O)[C@H](C)NC(=O)[C@H](CCC(=O)O)NC(=O)[C@H](Cc1c[nH]c2ccccc12)NC(=O)[C@@H](NC(=O)[C@@H](N)[C@@H](C)O)[C@@H](C)O)C(=O)O. The van der Waals surface area contributed by atoms with Crippen molar-refractivity contribution in [3.63, 3.8) is 0 Å². The zero-order chi connectivity index (χ0) is 66.4. The van der Waals surface area contributed by atoms with Gasteiger partial charge in [0.2, 0.25) is 53.2 Å². The minimum absolute atomic E-state index is 0.0306. The molecule has 0 aliphatic heterocycles. The highest BCUT2D eigenvalue weighted by atomic mass is 16.4. The molecule has 22 N–H and O–H groups in total. The van der Waals surface area contributed by atoms with E-state index in [1.165, 1.54) is 27.0 Å². The number of nitrogens with two attached hydrogens (primary N) is 3. The predicted molar refractivity (Wildman–Crippen MR) is 320 cm³/mol. The first-order valence-electron chi connectivity index (χ1n) is 28.6. The Hall–Kier alpha value is -9.69. The van der Waals surface area contributed by atoms with E-state index < -0.39 is 169 Å². The monoisotopic (exact) mass is 1250 g/mol. The fourth-order valence-electron chi connectivity index (χ4n) is 9.12. The Morgan fingerprint density at radius 1 is 0.506 bits per heavy atom. The Morgan fingerprint density at radius 3 is 1.38 bits per heavy atom. The Kier molecular flexibility index (Phi) is 27.4. The number of guanidine groups is 1.